The molecule has 0 radical (unpaired) electrons. The molecule has 3 rings (SSSR count). The summed E-state index contributed by atoms with van der Waals surface area (Å²) in [6.45, 7) is 4.07. The number of para-hydroxylation sites is 1. The molecule has 1 heterocycles. The summed E-state index contributed by atoms with van der Waals surface area (Å²) in [5.41, 5.74) is 1.87. The highest BCUT2D eigenvalue weighted by atomic mass is 16.5. The third-order valence-electron chi connectivity index (χ3n) is 5.17. The van der Waals surface area contributed by atoms with E-state index in [2.05, 4.69) is 16.0 Å². The molecule has 3 amide bonds. The van der Waals surface area contributed by atoms with Gasteiger partial charge in [-0.25, -0.2) is 0 Å². The molecule has 30 heavy (non-hydrogen) atoms. The first-order chi connectivity index (χ1) is 14.4. The number of ether oxygens (including phenoxy) is 1. The van der Waals surface area contributed by atoms with Gasteiger partial charge in [0.1, 0.15) is 11.8 Å². The number of hydrogen-bond acceptors (Lipinski definition) is 4. The summed E-state index contributed by atoms with van der Waals surface area (Å²) in [6.07, 6.45) is 0.332. The number of amides is 3. The Morgan fingerprint density at radius 1 is 1.10 bits per heavy atom. The van der Waals surface area contributed by atoms with E-state index in [1.165, 1.54) is 0 Å². The van der Waals surface area contributed by atoms with Crippen LogP contribution in [0.2, 0.25) is 0 Å². The minimum atomic E-state index is -0.769. The van der Waals surface area contributed by atoms with Crippen molar-refractivity contribution < 1.29 is 19.1 Å². The van der Waals surface area contributed by atoms with Crippen molar-refractivity contribution in [1.82, 2.24) is 10.6 Å². The van der Waals surface area contributed by atoms with E-state index in [1.54, 1.807) is 31.4 Å². The average Bonchev–Trinajstić information content (AvgIpc) is 2.86. The molecular formula is C23H27N3O4. The van der Waals surface area contributed by atoms with Crippen molar-refractivity contribution in [2.45, 2.75) is 38.8 Å². The van der Waals surface area contributed by atoms with E-state index >= 15 is 0 Å². The highest BCUT2D eigenvalue weighted by molar-refractivity contribution is 6.09. The van der Waals surface area contributed by atoms with Gasteiger partial charge >= 0.3 is 0 Å². The summed E-state index contributed by atoms with van der Waals surface area (Å²) in [5.74, 6) is 0.110. The number of methoxy groups -OCH3 is 1. The second kappa shape index (κ2) is 9.43. The molecule has 0 saturated heterocycles. The maximum absolute atomic E-state index is 12.6. The summed E-state index contributed by atoms with van der Waals surface area (Å²) >= 11 is 0. The van der Waals surface area contributed by atoms with Crippen LogP contribution in [0.15, 0.2) is 48.5 Å². The van der Waals surface area contributed by atoms with Crippen molar-refractivity contribution in [3.8, 4) is 5.75 Å². The van der Waals surface area contributed by atoms with Gasteiger partial charge in [-0.2, -0.15) is 0 Å². The van der Waals surface area contributed by atoms with Gasteiger partial charge in [-0.15, -0.1) is 0 Å². The van der Waals surface area contributed by atoms with Crippen molar-refractivity contribution in [1.29, 1.82) is 0 Å². The minimum Gasteiger partial charge on any atom is -0.497 e. The van der Waals surface area contributed by atoms with E-state index in [0.717, 1.165) is 11.3 Å². The minimum absolute atomic E-state index is 0.119. The molecule has 2 aromatic carbocycles. The first-order valence-electron chi connectivity index (χ1n) is 10.0. The molecule has 0 aliphatic carbocycles. The van der Waals surface area contributed by atoms with Gasteiger partial charge in [-0.3, -0.25) is 14.4 Å². The van der Waals surface area contributed by atoms with Crippen LogP contribution in [0.4, 0.5) is 5.69 Å². The predicted octanol–water partition coefficient (Wildman–Crippen LogP) is 3.04. The smallest absolute Gasteiger partial charge is 0.254 e. The summed E-state index contributed by atoms with van der Waals surface area (Å²) in [7, 11) is 1.61. The summed E-state index contributed by atoms with van der Waals surface area (Å²) in [5, 5.41) is 8.52. The van der Waals surface area contributed by atoms with Crippen LogP contribution in [-0.4, -0.2) is 30.9 Å². The van der Waals surface area contributed by atoms with Crippen LogP contribution in [0, 0.1) is 5.92 Å². The quantitative estimate of drug-likeness (QED) is 0.655. The van der Waals surface area contributed by atoms with Crippen molar-refractivity contribution in [3.05, 3.63) is 59.7 Å². The molecule has 158 valence electrons. The molecule has 2 atom stereocenters. The number of hydrogen-bond donors (Lipinski definition) is 3. The first kappa shape index (κ1) is 21.4. The van der Waals surface area contributed by atoms with Gasteiger partial charge in [0.15, 0.2) is 0 Å². The second-order valence-electron chi connectivity index (χ2n) is 7.66. The second-order valence-corrected chi connectivity index (χ2v) is 7.66. The van der Waals surface area contributed by atoms with Crippen LogP contribution in [0.1, 0.15) is 48.7 Å². The third-order valence-corrected chi connectivity index (χ3v) is 5.17. The number of carbonyl (C=O) groups excluding carboxylic acids is 3. The van der Waals surface area contributed by atoms with Crippen LogP contribution < -0.4 is 20.7 Å². The van der Waals surface area contributed by atoms with Crippen molar-refractivity contribution in [2.24, 2.45) is 5.92 Å². The fourth-order valence-electron chi connectivity index (χ4n) is 3.48. The molecule has 0 saturated carbocycles. The molecule has 0 bridgehead atoms. The van der Waals surface area contributed by atoms with Crippen molar-refractivity contribution in [2.75, 3.05) is 12.4 Å². The number of carbonyl (C=O) groups is 3. The molecule has 7 nitrogen and oxygen atoms in total. The molecule has 1 aliphatic heterocycles. The van der Waals surface area contributed by atoms with E-state index in [-0.39, 0.29) is 42.5 Å². The Kier molecular flexibility index (Phi) is 6.72. The van der Waals surface area contributed by atoms with Gasteiger partial charge in [0.05, 0.1) is 24.4 Å². The number of nitrogens with one attached hydrogen (secondary N) is 3. The maximum Gasteiger partial charge on any atom is 0.254 e. The topological polar surface area (TPSA) is 96.5 Å². The van der Waals surface area contributed by atoms with Gasteiger partial charge in [0.25, 0.3) is 5.91 Å². The highest BCUT2D eigenvalue weighted by Crippen LogP contribution is 2.24. The number of benzene rings is 2. The lowest BCUT2D eigenvalue weighted by atomic mass is 9.95. The normalized spacial score (nSPS) is 16.7. The Balaban J connectivity index is 1.61. The standard InChI is InChI=1S/C23H27N3O4/c1-14(2)21(15-8-10-16(30-3)11-9-15)26-20(27)13-12-19-23(29)24-18-7-5-4-6-17(18)22(28)25-19/h4-11,14,19,21H,12-13H2,1-3H3,(H,24,29)(H,25,28)(H,26,27)/t19-,21+/m1/s1. The lowest BCUT2D eigenvalue weighted by Crippen LogP contribution is -2.42. The Morgan fingerprint density at radius 3 is 2.47 bits per heavy atom. The number of fused-ring (bicyclic) bond motifs is 1. The maximum atomic E-state index is 12.6. The third kappa shape index (κ3) is 4.97. The monoisotopic (exact) mass is 409 g/mol. The fourth-order valence-corrected chi connectivity index (χ4v) is 3.48. The zero-order chi connectivity index (χ0) is 21.7. The SMILES string of the molecule is COc1ccc([C@@H](NC(=O)CC[C@H]2NC(=O)c3ccccc3NC2=O)C(C)C)cc1. The lowest BCUT2D eigenvalue weighted by molar-refractivity contribution is -0.122. The van der Waals surface area contributed by atoms with Crippen molar-refractivity contribution in [3.63, 3.8) is 0 Å². The molecule has 0 fully saturated rings. The molecule has 7 heteroatoms. The summed E-state index contributed by atoms with van der Waals surface area (Å²) in [6, 6.07) is 13.5. The van der Waals surface area contributed by atoms with E-state index in [9.17, 15) is 14.4 Å². The zero-order valence-corrected chi connectivity index (χ0v) is 17.4. The molecule has 0 aromatic heterocycles. The van der Waals surface area contributed by atoms with Crippen LogP contribution >= 0.6 is 0 Å². The van der Waals surface area contributed by atoms with Gasteiger partial charge in [0.2, 0.25) is 11.8 Å². The Bertz CT molecular complexity index is 924. The van der Waals surface area contributed by atoms with E-state index < -0.39 is 6.04 Å². The Hall–Kier alpha value is -3.35. The predicted molar refractivity (Wildman–Crippen MR) is 114 cm³/mol. The van der Waals surface area contributed by atoms with Crippen molar-refractivity contribution >= 4 is 23.4 Å². The van der Waals surface area contributed by atoms with Gasteiger partial charge in [-0.05, 0) is 42.2 Å². The molecule has 2 aromatic rings. The van der Waals surface area contributed by atoms with Gasteiger partial charge < -0.3 is 20.7 Å². The van der Waals surface area contributed by atoms with Crippen LogP contribution in [0.5, 0.6) is 5.75 Å². The lowest BCUT2D eigenvalue weighted by Gasteiger charge is -2.23. The van der Waals surface area contributed by atoms with E-state index in [0.29, 0.717) is 11.3 Å². The highest BCUT2D eigenvalue weighted by Gasteiger charge is 2.28. The summed E-state index contributed by atoms with van der Waals surface area (Å²) in [4.78, 5) is 37.5. The van der Waals surface area contributed by atoms with Gasteiger partial charge in [-0.1, -0.05) is 38.1 Å². The Morgan fingerprint density at radius 2 is 1.80 bits per heavy atom. The van der Waals surface area contributed by atoms with E-state index in [4.69, 9.17) is 4.74 Å². The molecule has 1 aliphatic rings. The van der Waals surface area contributed by atoms with Gasteiger partial charge in [0, 0.05) is 6.42 Å². The van der Waals surface area contributed by atoms with E-state index in [1.807, 2.05) is 38.1 Å². The number of anilines is 1. The van der Waals surface area contributed by atoms with Crippen LogP contribution in [-0.2, 0) is 9.59 Å². The van der Waals surface area contributed by atoms with Crippen LogP contribution in [0.3, 0.4) is 0 Å². The molecule has 0 spiro atoms. The van der Waals surface area contributed by atoms with Crippen LogP contribution in [0.25, 0.3) is 0 Å². The molecular weight excluding hydrogens is 382 g/mol. The zero-order valence-electron chi connectivity index (χ0n) is 17.4. The molecule has 3 N–H and O–H groups in total. The first-order valence-corrected chi connectivity index (χ1v) is 10.0. The summed E-state index contributed by atoms with van der Waals surface area (Å²) < 4.78 is 5.19. The number of rotatable bonds is 7. The largest absolute Gasteiger partial charge is 0.497 e. The fraction of sp³-hybridized carbons (Fsp3) is 0.348. The molecule has 0 unspecified atom stereocenters. The average molecular weight is 409 g/mol. The Labute approximate surface area is 176 Å².